The third kappa shape index (κ3) is 3.92. The smallest absolute Gasteiger partial charge is 0.334 e. The fourth-order valence-electron chi connectivity index (χ4n) is 0.718. The van der Waals surface area contributed by atoms with E-state index in [0.717, 1.165) is 0 Å². The first-order valence-electron chi connectivity index (χ1n) is 3.44. The highest BCUT2D eigenvalue weighted by atomic mass is 16.6. The van der Waals surface area contributed by atoms with Crippen molar-refractivity contribution in [1.29, 1.82) is 0 Å². The molecule has 0 bridgehead atoms. The van der Waals surface area contributed by atoms with Gasteiger partial charge in [-0.1, -0.05) is 0 Å². The molecule has 0 amide bonds. The molecular formula is C7H12O5. The van der Waals surface area contributed by atoms with Crippen LogP contribution in [0.4, 0.5) is 0 Å². The van der Waals surface area contributed by atoms with Crippen molar-refractivity contribution in [2.45, 2.75) is 18.9 Å². The van der Waals surface area contributed by atoms with Crippen molar-refractivity contribution in [2.24, 2.45) is 0 Å². The normalized spacial score (nSPS) is 12.2. The minimum Gasteiger partial charge on any atom is -0.481 e. The highest BCUT2D eigenvalue weighted by molar-refractivity contribution is 5.75. The summed E-state index contributed by atoms with van der Waals surface area (Å²) in [6.07, 6.45) is -0.738. The number of hydrogen-bond donors (Lipinski definition) is 1. The maximum atomic E-state index is 10.8. The minimum absolute atomic E-state index is 0.104. The quantitative estimate of drug-likeness (QED) is 0.598. The third-order valence-corrected chi connectivity index (χ3v) is 1.37. The SMILES string of the molecule is COC(=O)C(CCC(=O)O)OC. The van der Waals surface area contributed by atoms with Crippen LogP contribution in [0.25, 0.3) is 0 Å². The summed E-state index contributed by atoms with van der Waals surface area (Å²) >= 11 is 0. The molecule has 0 aromatic rings. The molecule has 0 saturated heterocycles. The van der Waals surface area contributed by atoms with Gasteiger partial charge in [0.25, 0.3) is 0 Å². The molecule has 0 aromatic carbocycles. The average Bonchev–Trinajstić information content (AvgIpc) is 2.04. The van der Waals surface area contributed by atoms with Crippen LogP contribution >= 0.6 is 0 Å². The minimum atomic E-state index is -0.957. The number of carboxylic acids is 1. The van der Waals surface area contributed by atoms with Crippen molar-refractivity contribution in [3.05, 3.63) is 0 Å². The first-order valence-corrected chi connectivity index (χ1v) is 3.44. The lowest BCUT2D eigenvalue weighted by atomic mass is 10.2. The second-order valence-corrected chi connectivity index (χ2v) is 2.18. The van der Waals surface area contributed by atoms with E-state index in [-0.39, 0.29) is 12.8 Å². The maximum Gasteiger partial charge on any atom is 0.334 e. The van der Waals surface area contributed by atoms with Gasteiger partial charge in [0.2, 0.25) is 0 Å². The Labute approximate surface area is 70.3 Å². The fourth-order valence-corrected chi connectivity index (χ4v) is 0.718. The van der Waals surface area contributed by atoms with E-state index in [1.165, 1.54) is 14.2 Å². The first-order chi connectivity index (χ1) is 5.61. The molecule has 0 aliphatic carbocycles. The summed E-state index contributed by atoms with van der Waals surface area (Å²) in [5.41, 5.74) is 0. The average molecular weight is 176 g/mol. The number of aliphatic carboxylic acids is 1. The first kappa shape index (κ1) is 10.9. The lowest BCUT2D eigenvalue weighted by Gasteiger charge is -2.10. The summed E-state index contributed by atoms with van der Waals surface area (Å²) in [7, 11) is 2.57. The number of ether oxygens (including phenoxy) is 2. The largest absolute Gasteiger partial charge is 0.481 e. The van der Waals surface area contributed by atoms with Gasteiger partial charge < -0.3 is 14.6 Å². The van der Waals surface area contributed by atoms with Crippen LogP contribution in [0.15, 0.2) is 0 Å². The zero-order chi connectivity index (χ0) is 9.56. The molecule has 70 valence electrons. The second-order valence-electron chi connectivity index (χ2n) is 2.18. The molecule has 0 aliphatic rings. The van der Waals surface area contributed by atoms with Gasteiger partial charge in [-0.2, -0.15) is 0 Å². The van der Waals surface area contributed by atoms with Gasteiger partial charge in [-0.15, -0.1) is 0 Å². The molecular weight excluding hydrogens is 164 g/mol. The molecule has 0 fully saturated rings. The van der Waals surface area contributed by atoms with Gasteiger partial charge in [-0.25, -0.2) is 4.79 Å². The van der Waals surface area contributed by atoms with Gasteiger partial charge in [0.05, 0.1) is 7.11 Å². The van der Waals surface area contributed by atoms with Crippen LogP contribution in [0, 0.1) is 0 Å². The zero-order valence-electron chi connectivity index (χ0n) is 7.07. The second kappa shape index (κ2) is 5.54. The van der Waals surface area contributed by atoms with E-state index in [0.29, 0.717) is 0 Å². The predicted molar refractivity (Wildman–Crippen MR) is 39.7 cm³/mol. The van der Waals surface area contributed by atoms with E-state index in [1.807, 2.05) is 0 Å². The molecule has 1 N–H and O–H groups in total. The van der Waals surface area contributed by atoms with Crippen LogP contribution in [-0.4, -0.2) is 37.4 Å². The molecule has 5 heteroatoms. The third-order valence-electron chi connectivity index (χ3n) is 1.37. The number of carboxylic acid groups (broad SMARTS) is 1. The van der Waals surface area contributed by atoms with E-state index < -0.39 is 18.0 Å². The van der Waals surface area contributed by atoms with Gasteiger partial charge in [-0.05, 0) is 6.42 Å². The van der Waals surface area contributed by atoms with Gasteiger partial charge in [0.1, 0.15) is 0 Å². The van der Waals surface area contributed by atoms with E-state index >= 15 is 0 Å². The molecule has 0 saturated carbocycles. The summed E-state index contributed by atoms with van der Waals surface area (Å²) in [4.78, 5) is 20.9. The number of esters is 1. The van der Waals surface area contributed by atoms with E-state index in [4.69, 9.17) is 9.84 Å². The molecule has 0 radical (unpaired) electrons. The molecule has 0 aliphatic heterocycles. The van der Waals surface area contributed by atoms with Gasteiger partial charge in [0.15, 0.2) is 6.10 Å². The molecule has 12 heavy (non-hydrogen) atoms. The maximum absolute atomic E-state index is 10.8. The standard InChI is InChI=1S/C7H12O5/c1-11-5(7(10)12-2)3-4-6(8)9/h5H,3-4H2,1-2H3,(H,8,9). The topological polar surface area (TPSA) is 72.8 Å². The Morgan fingerprint density at radius 3 is 2.33 bits per heavy atom. The Bertz CT molecular complexity index is 165. The van der Waals surface area contributed by atoms with Crippen LogP contribution in [0.5, 0.6) is 0 Å². The fraction of sp³-hybridized carbons (Fsp3) is 0.714. The molecule has 0 heterocycles. The monoisotopic (exact) mass is 176 g/mol. The molecule has 0 rings (SSSR count). The van der Waals surface area contributed by atoms with Crippen molar-refractivity contribution < 1.29 is 24.2 Å². The lowest BCUT2D eigenvalue weighted by molar-refractivity contribution is -0.153. The van der Waals surface area contributed by atoms with E-state index in [2.05, 4.69) is 4.74 Å². The Balaban J connectivity index is 3.83. The van der Waals surface area contributed by atoms with Crippen molar-refractivity contribution in [1.82, 2.24) is 0 Å². The number of rotatable bonds is 5. The Hall–Kier alpha value is -1.10. The van der Waals surface area contributed by atoms with E-state index in [1.54, 1.807) is 0 Å². The van der Waals surface area contributed by atoms with Gasteiger partial charge in [0, 0.05) is 13.5 Å². The molecule has 5 nitrogen and oxygen atoms in total. The highest BCUT2D eigenvalue weighted by Crippen LogP contribution is 2.02. The highest BCUT2D eigenvalue weighted by Gasteiger charge is 2.18. The number of methoxy groups -OCH3 is 2. The number of carbonyl (C=O) groups excluding carboxylic acids is 1. The summed E-state index contributed by atoms with van der Waals surface area (Å²) in [5.74, 6) is -1.50. The predicted octanol–water partition coefficient (Wildman–Crippen LogP) is 0.0392. The Morgan fingerprint density at radius 2 is 2.00 bits per heavy atom. The molecule has 1 unspecified atom stereocenters. The Kier molecular flexibility index (Phi) is 5.03. The van der Waals surface area contributed by atoms with Gasteiger partial charge >= 0.3 is 11.9 Å². The van der Waals surface area contributed by atoms with Crippen LogP contribution in [0.3, 0.4) is 0 Å². The van der Waals surface area contributed by atoms with E-state index in [9.17, 15) is 9.59 Å². The van der Waals surface area contributed by atoms with Crippen LogP contribution < -0.4 is 0 Å². The van der Waals surface area contributed by atoms with Crippen LogP contribution in [0.2, 0.25) is 0 Å². The van der Waals surface area contributed by atoms with Gasteiger partial charge in [-0.3, -0.25) is 4.79 Å². The summed E-state index contributed by atoms with van der Waals surface area (Å²) < 4.78 is 9.09. The summed E-state index contributed by atoms with van der Waals surface area (Å²) in [6, 6.07) is 0. The lowest BCUT2D eigenvalue weighted by Crippen LogP contribution is -2.25. The van der Waals surface area contributed by atoms with Crippen LogP contribution in [0.1, 0.15) is 12.8 Å². The molecule has 0 aromatic heterocycles. The Morgan fingerprint density at radius 1 is 1.42 bits per heavy atom. The number of carbonyl (C=O) groups is 2. The van der Waals surface area contributed by atoms with Crippen molar-refractivity contribution in [3.63, 3.8) is 0 Å². The molecule has 0 spiro atoms. The summed E-state index contributed by atoms with van der Waals surface area (Å²) in [6.45, 7) is 0. The molecule has 1 atom stereocenters. The number of hydrogen-bond acceptors (Lipinski definition) is 4. The van der Waals surface area contributed by atoms with Crippen molar-refractivity contribution >= 4 is 11.9 Å². The summed E-state index contributed by atoms with van der Waals surface area (Å²) in [5, 5.41) is 8.30. The van der Waals surface area contributed by atoms with Crippen molar-refractivity contribution in [3.8, 4) is 0 Å². The zero-order valence-corrected chi connectivity index (χ0v) is 7.07. The van der Waals surface area contributed by atoms with Crippen LogP contribution in [-0.2, 0) is 19.1 Å². The van der Waals surface area contributed by atoms with Crippen molar-refractivity contribution in [2.75, 3.05) is 14.2 Å².